The van der Waals surface area contributed by atoms with Crippen molar-refractivity contribution in [2.24, 2.45) is 0 Å². The third-order valence-corrected chi connectivity index (χ3v) is 6.13. The molecular formula is C22H20N4O2S. The fraction of sp³-hybridized carbons (Fsp3) is 0.0909. The van der Waals surface area contributed by atoms with E-state index in [0.29, 0.717) is 22.4 Å². The second kappa shape index (κ2) is 7.52. The van der Waals surface area contributed by atoms with Crippen molar-refractivity contribution in [2.45, 2.75) is 11.8 Å². The number of hydrogen-bond acceptors (Lipinski definition) is 5. The Hall–Kier alpha value is -3.45. The van der Waals surface area contributed by atoms with Gasteiger partial charge in [-0.15, -0.1) is 0 Å². The van der Waals surface area contributed by atoms with Gasteiger partial charge in [0.05, 0.1) is 15.9 Å². The number of nitrogens with one attached hydrogen (secondary N) is 1. The van der Waals surface area contributed by atoms with Crippen LogP contribution in [-0.2, 0) is 10.0 Å². The van der Waals surface area contributed by atoms with E-state index in [1.54, 1.807) is 37.3 Å². The zero-order valence-corrected chi connectivity index (χ0v) is 16.9. The lowest BCUT2D eigenvalue weighted by molar-refractivity contribution is 0.600. The van der Waals surface area contributed by atoms with Gasteiger partial charge in [0, 0.05) is 12.7 Å². The van der Waals surface area contributed by atoms with Gasteiger partial charge in [-0.25, -0.2) is 18.4 Å². The second-order valence-electron chi connectivity index (χ2n) is 6.65. The van der Waals surface area contributed by atoms with Crippen LogP contribution in [0.2, 0.25) is 0 Å². The third kappa shape index (κ3) is 3.77. The van der Waals surface area contributed by atoms with Crippen molar-refractivity contribution in [2.75, 3.05) is 16.7 Å². The summed E-state index contributed by atoms with van der Waals surface area (Å²) in [5.41, 5.74) is 2.82. The minimum atomic E-state index is -3.83. The van der Waals surface area contributed by atoms with Gasteiger partial charge in [-0.2, -0.15) is 0 Å². The van der Waals surface area contributed by atoms with Gasteiger partial charge < -0.3 is 4.90 Å². The number of para-hydroxylation sites is 3. The minimum absolute atomic E-state index is 0.179. The first-order valence-corrected chi connectivity index (χ1v) is 10.6. The van der Waals surface area contributed by atoms with Crippen LogP contribution in [0, 0.1) is 6.92 Å². The summed E-state index contributed by atoms with van der Waals surface area (Å²) in [5.74, 6) is 0.602. The second-order valence-corrected chi connectivity index (χ2v) is 8.30. The SMILES string of the molecule is Cc1ccccc1S(=O)(=O)Nc1nc2ccccc2nc1N(C)c1ccccc1. The highest BCUT2D eigenvalue weighted by molar-refractivity contribution is 7.92. The molecule has 146 valence electrons. The molecule has 1 N–H and O–H groups in total. The largest absolute Gasteiger partial charge is 0.326 e. The van der Waals surface area contributed by atoms with E-state index in [1.165, 1.54) is 0 Å². The van der Waals surface area contributed by atoms with Crippen molar-refractivity contribution < 1.29 is 8.42 Å². The Balaban J connectivity index is 1.85. The highest BCUT2D eigenvalue weighted by Gasteiger charge is 2.22. The Morgan fingerprint density at radius 1 is 0.793 bits per heavy atom. The number of nitrogens with zero attached hydrogens (tertiary/aromatic N) is 3. The standard InChI is InChI=1S/C22H20N4O2S/c1-16-10-6-9-15-20(16)29(27,28)25-21-22(26(2)17-11-4-3-5-12-17)24-19-14-8-7-13-18(19)23-21/h3-15H,1-2H3,(H,23,25). The van der Waals surface area contributed by atoms with E-state index in [0.717, 1.165) is 5.69 Å². The highest BCUT2D eigenvalue weighted by Crippen LogP contribution is 2.31. The van der Waals surface area contributed by atoms with Crippen molar-refractivity contribution in [1.29, 1.82) is 0 Å². The molecule has 0 aliphatic carbocycles. The third-order valence-electron chi connectivity index (χ3n) is 4.63. The molecule has 3 aromatic carbocycles. The Labute approximate surface area is 169 Å². The van der Waals surface area contributed by atoms with Crippen LogP contribution in [-0.4, -0.2) is 25.4 Å². The minimum Gasteiger partial charge on any atom is -0.326 e. The van der Waals surface area contributed by atoms with Gasteiger partial charge in [0.2, 0.25) is 0 Å². The predicted octanol–water partition coefficient (Wildman–Crippen LogP) is 4.51. The summed E-state index contributed by atoms with van der Waals surface area (Å²) in [6.45, 7) is 1.76. The summed E-state index contributed by atoms with van der Waals surface area (Å²) < 4.78 is 28.8. The number of hydrogen-bond donors (Lipinski definition) is 1. The van der Waals surface area contributed by atoms with Crippen molar-refractivity contribution in [3.05, 3.63) is 84.4 Å². The molecule has 0 amide bonds. The Kier molecular flexibility index (Phi) is 4.90. The van der Waals surface area contributed by atoms with Crippen molar-refractivity contribution >= 4 is 38.4 Å². The number of sulfonamides is 1. The Morgan fingerprint density at radius 2 is 1.38 bits per heavy atom. The number of anilines is 3. The number of aromatic nitrogens is 2. The van der Waals surface area contributed by atoms with Crippen LogP contribution in [0.3, 0.4) is 0 Å². The van der Waals surface area contributed by atoms with Gasteiger partial charge >= 0.3 is 0 Å². The molecule has 4 aromatic rings. The topological polar surface area (TPSA) is 75.2 Å². The molecule has 7 heteroatoms. The summed E-state index contributed by atoms with van der Waals surface area (Å²) >= 11 is 0. The van der Waals surface area contributed by atoms with E-state index in [4.69, 9.17) is 0 Å². The van der Waals surface area contributed by atoms with E-state index in [1.807, 2.05) is 60.5 Å². The van der Waals surface area contributed by atoms with Crippen molar-refractivity contribution in [3.63, 3.8) is 0 Å². The van der Waals surface area contributed by atoms with E-state index in [9.17, 15) is 8.42 Å². The summed E-state index contributed by atoms with van der Waals surface area (Å²) in [4.78, 5) is 11.3. The molecule has 0 aliphatic heterocycles. The first-order chi connectivity index (χ1) is 14.0. The number of aryl methyl sites for hydroxylation is 1. The molecular weight excluding hydrogens is 384 g/mol. The van der Waals surface area contributed by atoms with Crippen LogP contribution >= 0.6 is 0 Å². The maximum Gasteiger partial charge on any atom is 0.263 e. The zero-order chi connectivity index (χ0) is 20.4. The van der Waals surface area contributed by atoms with Gasteiger partial charge in [-0.1, -0.05) is 48.5 Å². The van der Waals surface area contributed by atoms with Gasteiger partial charge in [0.15, 0.2) is 11.6 Å². The van der Waals surface area contributed by atoms with Crippen LogP contribution in [0.25, 0.3) is 11.0 Å². The summed E-state index contributed by atoms with van der Waals surface area (Å²) in [5, 5.41) is 0. The number of fused-ring (bicyclic) bond motifs is 1. The van der Waals surface area contributed by atoms with Gasteiger partial charge in [-0.05, 0) is 42.8 Å². The molecule has 0 atom stereocenters. The van der Waals surface area contributed by atoms with Crippen LogP contribution in [0.1, 0.15) is 5.56 Å². The molecule has 0 saturated carbocycles. The van der Waals surface area contributed by atoms with Crippen LogP contribution < -0.4 is 9.62 Å². The molecule has 1 aromatic heterocycles. The van der Waals surface area contributed by atoms with E-state index in [-0.39, 0.29) is 10.7 Å². The molecule has 0 bridgehead atoms. The molecule has 1 heterocycles. The first-order valence-electron chi connectivity index (χ1n) is 9.10. The van der Waals surface area contributed by atoms with Crippen molar-refractivity contribution in [3.8, 4) is 0 Å². The lowest BCUT2D eigenvalue weighted by Crippen LogP contribution is -2.20. The van der Waals surface area contributed by atoms with Gasteiger partial charge in [0.25, 0.3) is 10.0 Å². The molecule has 0 unspecified atom stereocenters. The highest BCUT2D eigenvalue weighted by atomic mass is 32.2. The Bertz CT molecular complexity index is 1270. The molecule has 0 aliphatic rings. The lowest BCUT2D eigenvalue weighted by Gasteiger charge is -2.22. The van der Waals surface area contributed by atoms with Crippen LogP contribution in [0.15, 0.2) is 83.8 Å². The van der Waals surface area contributed by atoms with Gasteiger partial charge in [0.1, 0.15) is 0 Å². The molecule has 29 heavy (non-hydrogen) atoms. The normalized spacial score (nSPS) is 11.4. The van der Waals surface area contributed by atoms with E-state index < -0.39 is 10.0 Å². The average Bonchev–Trinajstić information content (AvgIpc) is 2.73. The fourth-order valence-electron chi connectivity index (χ4n) is 3.11. The molecule has 0 fully saturated rings. The van der Waals surface area contributed by atoms with Crippen LogP contribution in [0.4, 0.5) is 17.3 Å². The smallest absolute Gasteiger partial charge is 0.263 e. The fourth-order valence-corrected chi connectivity index (χ4v) is 4.36. The quantitative estimate of drug-likeness (QED) is 0.530. The number of benzene rings is 3. The maximum absolute atomic E-state index is 13.1. The molecule has 0 saturated heterocycles. The molecule has 0 spiro atoms. The van der Waals surface area contributed by atoms with E-state index in [2.05, 4.69) is 14.7 Å². The van der Waals surface area contributed by atoms with Gasteiger partial charge in [-0.3, -0.25) is 4.72 Å². The average molecular weight is 404 g/mol. The molecule has 6 nitrogen and oxygen atoms in total. The summed E-state index contributed by atoms with van der Waals surface area (Å²) in [6.07, 6.45) is 0. The van der Waals surface area contributed by atoms with Crippen LogP contribution in [0.5, 0.6) is 0 Å². The monoisotopic (exact) mass is 404 g/mol. The summed E-state index contributed by atoms with van der Waals surface area (Å²) in [7, 11) is -2.00. The first kappa shape index (κ1) is 18.9. The Morgan fingerprint density at radius 3 is 2.07 bits per heavy atom. The summed E-state index contributed by atoms with van der Waals surface area (Å²) in [6, 6.07) is 23.8. The molecule has 0 radical (unpaired) electrons. The lowest BCUT2D eigenvalue weighted by atomic mass is 10.2. The molecule has 4 rings (SSSR count). The maximum atomic E-state index is 13.1. The van der Waals surface area contributed by atoms with Crippen molar-refractivity contribution in [1.82, 2.24) is 9.97 Å². The predicted molar refractivity (Wildman–Crippen MR) is 116 cm³/mol. The zero-order valence-electron chi connectivity index (χ0n) is 16.1. The van der Waals surface area contributed by atoms with E-state index >= 15 is 0 Å². The number of rotatable bonds is 5.